The number of phenols is 1. The van der Waals surface area contributed by atoms with Crippen LogP contribution in [0.2, 0.25) is 9.36 Å². The van der Waals surface area contributed by atoms with Crippen molar-refractivity contribution in [2.45, 2.75) is 23.5 Å². The lowest BCUT2D eigenvalue weighted by Crippen LogP contribution is -2.07. The summed E-state index contributed by atoms with van der Waals surface area (Å²) in [6, 6.07) is 5.00. The van der Waals surface area contributed by atoms with Crippen LogP contribution in [-0.4, -0.2) is 19.5 Å². The molecule has 0 atom stereocenters. The third-order valence-electron chi connectivity index (χ3n) is 3.74. The number of hydrogen-bond acceptors (Lipinski definition) is 9. The van der Waals surface area contributed by atoms with Crippen molar-refractivity contribution in [2.75, 3.05) is 0 Å². The Bertz CT molecular complexity index is 1220. The second kappa shape index (κ2) is 8.23. The van der Waals surface area contributed by atoms with E-state index >= 15 is 0 Å². The Balaban J connectivity index is 1.73. The van der Waals surface area contributed by atoms with E-state index in [1.54, 1.807) is 0 Å². The summed E-state index contributed by atoms with van der Waals surface area (Å²) in [6.07, 6.45) is 0. The molecule has 1 N–H and O–H groups in total. The molecule has 0 unspecified atom stereocenters. The van der Waals surface area contributed by atoms with Gasteiger partial charge in [0.05, 0.1) is 10.8 Å². The molecular weight excluding hydrogens is 467 g/mol. The first kappa shape index (κ1) is 21.4. The van der Waals surface area contributed by atoms with Crippen molar-refractivity contribution in [1.82, 2.24) is 0 Å². The van der Waals surface area contributed by atoms with E-state index in [2.05, 4.69) is 4.42 Å². The molecule has 0 aliphatic carbocycles. The van der Waals surface area contributed by atoms with Crippen molar-refractivity contribution in [3.05, 3.63) is 66.9 Å². The van der Waals surface area contributed by atoms with Gasteiger partial charge in [0.2, 0.25) is 0 Å². The van der Waals surface area contributed by atoms with Crippen molar-refractivity contribution in [2.24, 2.45) is 0 Å². The van der Waals surface area contributed by atoms with Gasteiger partial charge in [-0.3, -0.25) is 0 Å². The maximum Gasteiger partial charge on any atom is 0.519 e. The molecule has 1 aromatic carbocycles. The van der Waals surface area contributed by atoms with Gasteiger partial charge in [-0.25, -0.2) is 18.0 Å². The van der Waals surface area contributed by atoms with Crippen molar-refractivity contribution in [1.29, 1.82) is 0 Å². The quantitative estimate of drug-likeness (QED) is 0.528. The molecule has 0 radical (unpaired) electrons. The SMILES string of the molecule is Cc1oc(=O)oc1COC(=O)c1ccc(CS(=O)(=O)c2cc(Cl)c(Cl)s2)cc1O. The van der Waals surface area contributed by atoms with Gasteiger partial charge < -0.3 is 18.7 Å². The summed E-state index contributed by atoms with van der Waals surface area (Å²) in [6.45, 7) is 1.10. The van der Waals surface area contributed by atoms with Gasteiger partial charge in [-0.15, -0.1) is 11.3 Å². The van der Waals surface area contributed by atoms with Crippen LogP contribution in [0.4, 0.5) is 0 Å². The number of esters is 1. The van der Waals surface area contributed by atoms with Crippen molar-refractivity contribution in [3.63, 3.8) is 0 Å². The molecule has 3 rings (SSSR count). The molecule has 29 heavy (non-hydrogen) atoms. The second-order valence-corrected chi connectivity index (χ2v) is 10.1. The van der Waals surface area contributed by atoms with E-state index in [4.69, 9.17) is 32.4 Å². The summed E-state index contributed by atoms with van der Waals surface area (Å²) < 4.78 is 39.4. The summed E-state index contributed by atoms with van der Waals surface area (Å²) >= 11 is 12.4. The maximum atomic E-state index is 12.5. The van der Waals surface area contributed by atoms with Gasteiger partial charge in [-0.1, -0.05) is 29.3 Å². The fourth-order valence-corrected chi connectivity index (χ4v) is 5.62. The number of thiophene rings is 1. The highest BCUT2D eigenvalue weighted by Gasteiger charge is 2.22. The Morgan fingerprint density at radius 3 is 2.52 bits per heavy atom. The Labute approximate surface area is 178 Å². The molecule has 0 spiro atoms. The zero-order valence-corrected chi connectivity index (χ0v) is 17.7. The molecule has 0 aliphatic heterocycles. The van der Waals surface area contributed by atoms with Gasteiger partial charge in [0.25, 0.3) is 0 Å². The van der Waals surface area contributed by atoms with Crippen molar-refractivity contribution < 1.29 is 31.9 Å². The summed E-state index contributed by atoms with van der Waals surface area (Å²) in [7, 11) is -3.74. The summed E-state index contributed by atoms with van der Waals surface area (Å²) in [4.78, 5) is 23.1. The van der Waals surface area contributed by atoms with E-state index in [1.165, 1.54) is 25.1 Å². The number of carbonyl (C=O) groups is 1. The van der Waals surface area contributed by atoms with E-state index < -0.39 is 33.1 Å². The number of aryl methyl sites for hydroxylation is 1. The van der Waals surface area contributed by atoms with E-state index in [0.29, 0.717) is 0 Å². The van der Waals surface area contributed by atoms with Gasteiger partial charge in [-0.05, 0) is 30.7 Å². The highest BCUT2D eigenvalue weighted by Crippen LogP contribution is 2.36. The molecule has 0 bridgehead atoms. The fourth-order valence-electron chi connectivity index (χ4n) is 2.33. The average molecular weight is 479 g/mol. The molecular formula is C17H12Cl2O8S2. The molecule has 0 fully saturated rings. The largest absolute Gasteiger partial charge is 0.519 e. The van der Waals surface area contributed by atoms with Gasteiger partial charge in [0.1, 0.15) is 19.9 Å². The Morgan fingerprint density at radius 2 is 1.97 bits per heavy atom. The van der Waals surface area contributed by atoms with Crippen molar-refractivity contribution in [3.8, 4) is 5.75 Å². The molecule has 2 aromatic heterocycles. The van der Waals surface area contributed by atoms with E-state index in [9.17, 15) is 23.1 Å². The normalized spacial score (nSPS) is 11.6. The van der Waals surface area contributed by atoms with E-state index in [1.807, 2.05) is 0 Å². The lowest BCUT2D eigenvalue weighted by atomic mass is 10.1. The first-order chi connectivity index (χ1) is 13.6. The number of sulfone groups is 1. The van der Waals surface area contributed by atoms with E-state index in [-0.39, 0.29) is 42.8 Å². The number of aromatic hydroxyl groups is 1. The molecule has 8 nitrogen and oxygen atoms in total. The minimum atomic E-state index is -3.74. The predicted octanol–water partition coefficient (Wildman–Crippen LogP) is 3.95. The standard InChI is InChI=1S/C17H12Cl2O8S2/c1-8-13(27-17(22)26-8)6-25-16(21)10-3-2-9(4-12(10)20)7-29(23,24)14-5-11(18)15(19)28-14/h2-5,20H,6-7H2,1H3. The minimum Gasteiger partial charge on any atom is -0.507 e. The Morgan fingerprint density at radius 1 is 1.24 bits per heavy atom. The molecule has 0 amide bonds. The first-order valence-electron chi connectivity index (χ1n) is 7.83. The molecule has 12 heteroatoms. The molecule has 2 heterocycles. The maximum absolute atomic E-state index is 12.5. The minimum absolute atomic E-state index is 0.00699. The van der Waals surface area contributed by atoms with Gasteiger partial charge in [-0.2, -0.15) is 0 Å². The van der Waals surface area contributed by atoms with Gasteiger partial charge in [0.15, 0.2) is 28.0 Å². The van der Waals surface area contributed by atoms with Gasteiger partial charge in [0, 0.05) is 0 Å². The van der Waals surface area contributed by atoms with Crippen LogP contribution in [0, 0.1) is 6.92 Å². The highest BCUT2D eigenvalue weighted by molar-refractivity contribution is 7.92. The number of rotatable bonds is 6. The molecule has 0 saturated heterocycles. The van der Waals surface area contributed by atoms with E-state index in [0.717, 1.165) is 17.4 Å². The van der Waals surface area contributed by atoms with Crippen LogP contribution in [0.15, 0.2) is 42.1 Å². The van der Waals surface area contributed by atoms with Crippen LogP contribution in [-0.2, 0) is 26.9 Å². The second-order valence-electron chi connectivity index (χ2n) is 5.81. The lowest BCUT2D eigenvalue weighted by molar-refractivity contribution is 0.0439. The van der Waals surface area contributed by atoms with Crippen LogP contribution < -0.4 is 5.82 Å². The highest BCUT2D eigenvalue weighted by atomic mass is 35.5. The summed E-state index contributed by atoms with van der Waals surface area (Å²) in [5.74, 6) is -2.50. The summed E-state index contributed by atoms with van der Waals surface area (Å²) in [5.41, 5.74) is 0.0632. The molecule has 0 aliphatic rings. The third kappa shape index (κ3) is 4.84. The smallest absolute Gasteiger partial charge is 0.507 e. The van der Waals surface area contributed by atoms with Crippen LogP contribution in [0.25, 0.3) is 0 Å². The molecule has 3 aromatic rings. The van der Waals surface area contributed by atoms with Crippen molar-refractivity contribution >= 4 is 50.3 Å². The zero-order valence-electron chi connectivity index (χ0n) is 14.6. The number of hydrogen-bond donors (Lipinski definition) is 1. The zero-order chi connectivity index (χ0) is 21.3. The third-order valence-corrected chi connectivity index (χ3v) is 7.85. The van der Waals surface area contributed by atoms with Crippen LogP contribution >= 0.6 is 34.5 Å². The molecule has 0 saturated carbocycles. The predicted molar refractivity (Wildman–Crippen MR) is 104 cm³/mol. The van der Waals surface area contributed by atoms with Crippen LogP contribution in [0.3, 0.4) is 0 Å². The lowest BCUT2D eigenvalue weighted by Gasteiger charge is -2.08. The Hall–Kier alpha value is -2.27. The number of ether oxygens (including phenoxy) is 1. The van der Waals surface area contributed by atoms with Crippen LogP contribution in [0.5, 0.6) is 5.75 Å². The first-order valence-corrected chi connectivity index (χ1v) is 11.1. The monoisotopic (exact) mass is 478 g/mol. The topological polar surface area (TPSA) is 124 Å². The number of carbonyl (C=O) groups excluding carboxylic acids is 1. The van der Waals surface area contributed by atoms with Crippen LogP contribution in [0.1, 0.15) is 27.4 Å². The number of phenolic OH excluding ortho intramolecular Hbond substituents is 1. The Kier molecular flexibility index (Phi) is 6.08. The number of benzene rings is 1. The molecule has 154 valence electrons. The van der Waals surface area contributed by atoms with Gasteiger partial charge >= 0.3 is 11.8 Å². The number of halogens is 2. The summed E-state index contributed by atoms with van der Waals surface area (Å²) in [5, 5.41) is 10.2. The fraction of sp³-hybridized carbons (Fsp3) is 0.176. The average Bonchev–Trinajstić information content (AvgIpc) is 3.14.